The van der Waals surface area contributed by atoms with Crippen molar-refractivity contribution in [1.82, 2.24) is 15.4 Å². The zero-order valence-corrected chi connectivity index (χ0v) is 19.9. The molecule has 0 atom stereocenters. The molecule has 0 saturated heterocycles. The molecule has 3 aromatic rings. The molecule has 0 aliphatic rings. The smallest absolute Gasteiger partial charge is 0.203 e. The largest absolute Gasteiger partial charge is 0.504 e. The number of rotatable bonds is 13. The van der Waals surface area contributed by atoms with Gasteiger partial charge in [0.05, 0.1) is 25.1 Å². The fourth-order valence-corrected chi connectivity index (χ4v) is 3.18. The van der Waals surface area contributed by atoms with Gasteiger partial charge in [-0.2, -0.15) is 0 Å². The molecule has 0 amide bonds. The molecule has 2 aromatic carbocycles. The predicted octanol–water partition coefficient (Wildman–Crippen LogP) is 6.85. The van der Waals surface area contributed by atoms with Gasteiger partial charge < -0.3 is 14.6 Å². The molecule has 0 unspecified atom stereocenters. The summed E-state index contributed by atoms with van der Waals surface area (Å²) in [5, 5.41) is 21.0. The molecule has 0 aliphatic heterocycles. The van der Waals surface area contributed by atoms with Crippen LogP contribution in [0.5, 0.6) is 17.2 Å². The van der Waals surface area contributed by atoms with Crippen LogP contribution in [-0.4, -0.2) is 33.7 Å². The van der Waals surface area contributed by atoms with Crippen LogP contribution in [0.25, 0.3) is 11.3 Å². The van der Waals surface area contributed by atoms with E-state index in [-0.39, 0.29) is 5.75 Å². The predicted molar refractivity (Wildman–Crippen MR) is 133 cm³/mol. The summed E-state index contributed by atoms with van der Waals surface area (Å²) in [5.74, 6) is 1.31. The van der Waals surface area contributed by atoms with Gasteiger partial charge in [0, 0.05) is 5.56 Å². The van der Waals surface area contributed by atoms with Crippen LogP contribution in [0.2, 0.25) is 0 Å². The SMILES string of the molecule is CCCCCCOc1cccc(O)c1OCCCCCC.c1ccc(-c2ccnnn2)cc1. The molecule has 1 N–H and O–H groups in total. The van der Waals surface area contributed by atoms with Crippen molar-refractivity contribution in [3.05, 3.63) is 60.8 Å². The summed E-state index contributed by atoms with van der Waals surface area (Å²) in [6, 6.07) is 17.0. The topological polar surface area (TPSA) is 77.4 Å². The Hall–Kier alpha value is -3.15. The second-order valence-electron chi connectivity index (χ2n) is 7.79. The lowest BCUT2D eigenvalue weighted by molar-refractivity contribution is 0.249. The Labute approximate surface area is 198 Å². The Morgan fingerprint density at radius 3 is 2.06 bits per heavy atom. The number of unbranched alkanes of at least 4 members (excludes halogenated alkanes) is 6. The summed E-state index contributed by atoms with van der Waals surface area (Å²) in [6.45, 7) is 5.69. The maximum atomic E-state index is 9.93. The van der Waals surface area contributed by atoms with Gasteiger partial charge in [-0.15, -0.1) is 10.2 Å². The molecule has 33 heavy (non-hydrogen) atoms. The zero-order chi connectivity index (χ0) is 23.6. The Morgan fingerprint density at radius 1 is 0.727 bits per heavy atom. The molecular formula is C27H37N3O3. The highest BCUT2D eigenvalue weighted by Crippen LogP contribution is 2.36. The van der Waals surface area contributed by atoms with Gasteiger partial charge in [0.15, 0.2) is 11.5 Å². The van der Waals surface area contributed by atoms with Crippen LogP contribution in [0.15, 0.2) is 60.8 Å². The van der Waals surface area contributed by atoms with Crippen LogP contribution in [0, 0.1) is 0 Å². The summed E-state index contributed by atoms with van der Waals surface area (Å²) in [6.07, 6.45) is 10.9. The summed E-state index contributed by atoms with van der Waals surface area (Å²) in [7, 11) is 0. The van der Waals surface area contributed by atoms with E-state index in [0.29, 0.717) is 24.7 Å². The van der Waals surface area contributed by atoms with E-state index < -0.39 is 0 Å². The van der Waals surface area contributed by atoms with Gasteiger partial charge in [-0.3, -0.25) is 0 Å². The van der Waals surface area contributed by atoms with E-state index in [4.69, 9.17) is 9.47 Å². The third-order valence-electron chi connectivity index (χ3n) is 5.03. The van der Waals surface area contributed by atoms with Crippen molar-refractivity contribution in [3.63, 3.8) is 0 Å². The molecular weight excluding hydrogens is 414 g/mol. The van der Waals surface area contributed by atoms with Crippen LogP contribution < -0.4 is 9.47 Å². The van der Waals surface area contributed by atoms with Crippen molar-refractivity contribution in [1.29, 1.82) is 0 Å². The van der Waals surface area contributed by atoms with Gasteiger partial charge in [0.25, 0.3) is 0 Å². The fraction of sp³-hybridized carbons (Fsp3) is 0.444. The molecule has 6 heteroatoms. The van der Waals surface area contributed by atoms with Gasteiger partial charge in [0.2, 0.25) is 5.75 Å². The highest BCUT2D eigenvalue weighted by molar-refractivity contribution is 5.57. The Morgan fingerprint density at radius 2 is 1.42 bits per heavy atom. The van der Waals surface area contributed by atoms with E-state index in [9.17, 15) is 5.11 Å². The van der Waals surface area contributed by atoms with Crippen LogP contribution in [0.3, 0.4) is 0 Å². The van der Waals surface area contributed by atoms with Crippen molar-refractivity contribution in [3.8, 4) is 28.5 Å². The third-order valence-corrected chi connectivity index (χ3v) is 5.03. The second-order valence-corrected chi connectivity index (χ2v) is 7.79. The number of aromatic nitrogens is 3. The number of phenolic OH excluding ortho intramolecular Hbond substituents is 1. The molecule has 3 rings (SSSR count). The highest BCUT2D eigenvalue weighted by atomic mass is 16.5. The number of para-hydroxylation sites is 1. The first-order chi connectivity index (χ1) is 16.3. The fourth-order valence-electron chi connectivity index (χ4n) is 3.18. The average molecular weight is 452 g/mol. The lowest BCUT2D eigenvalue weighted by atomic mass is 10.2. The van der Waals surface area contributed by atoms with E-state index in [1.807, 2.05) is 42.5 Å². The third kappa shape index (κ3) is 10.3. The average Bonchev–Trinajstić information content (AvgIpc) is 2.86. The summed E-state index contributed by atoms with van der Waals surface area (Å²) in [5.41, 5.74) is 1.91. The molecule has 0 spiro atoms. The number of benzene rings is 2. The Bertz CT molecular complexity index is 839. The molecule has 0 saturated carbocycles. The van der Waals surface area contributed by atoms with Gasteiger partial charge in [0.1, 0.15) is 0 Å². The van der Waals surface area contributed by atoms with Gasteiger partial charge in [-0.1, -0.05) is 88.8 Å². The summed E-state index contributed by atoms with van der Waals surface area (Å²) >= 11 is 0. The number of aromatic hydroxyl groups is 1. The molecule has 0 radical (unpaired) electrons. The van der Waals surface area contributed by atoms with Crippen LogP contribution in [0.1, 0.15) is 65.2 Å². The van der Waals surface area contributed by atoms with E-state index in [1.165, 1.54) is 32.1 Å². The quantitative estimate of drug-likeness (QED) is 0.286. The van der Waals surface area contributed by atoms with Crippen molar-refractivity contribution in [2.45, 2.75) is 65.2 Å². The maximum Gasteiger partial charge on any atom is 0.203 e. The standard InChI is InChI=1S/C18H30O3.C9H7N3/c1-3-5-7-9-14-20-17-13-11-12-16(19)18(17)21-15-10-8-6-4-2;1-2-4-8(5-3-1)9-6-7-10-12-11-9/h11-13,19H,3-10,14-15H2,1-2H3;1-7H. The monoisotopic (exact) mass is 451 g/mol. The number of phenols is 1. The minimum Gasteiger partial charge on any atom is -0.504 e. The van der Waals surface area contributed by atoms with E-state index in [0.717, 1.165) is 30.5 Å². The molecule has 1 heterocycles. The lowest BCUT2D eigenvalue weighted by Crippen LogP contribution is -2.03. The normalized spacial score (nSPS) is 10.2. The first-order valence-electron chi connectivity index (χ1n) is 12.0. The second kappa shape index (κ2) is 16.5. The van der Waals surface area contributed by atoms with Crippen LogP contribution in [0.4, 0.5) is 0 Å². The molecule has 0 bridgehead atoms. The van der Waals surface area contributed by atoms with E-state index in [1.54, 1.807) is 18.3 Å². The molecule has 6 nitrogen and oxygen atoms in total. The molecule has 1 aromatic heterocycles. The highest BCUT2D eigenvalue weighted by Gasteiger charge is 2.10. The van der Waals surface area contributed by atoms with Crippen molar-refractivity contribution < 1.29 is 14.6 Å². The van der Waals surface area contributed by atoms with E-state index in [2.05, 4.69) is 29.3 Å². The minimum absolute atomic E-state index is 0.163. The van der Waals surface area contributed by atoms with E-state index >= 15 is 0 Å². The summed E-state index contributed by atoms with van der Waals surface area (Å²) < 4.78 is 11.5. The van der Waals surface area contributed by atoms with Crippen molar-refractivity contribution in [2.75, 3.05) is 13.2 Å². The van der Waals surface area contributed by atoms with Crippen molar-refractivity contribution >= 4 is 0 Å². The van der Waals surface area contributed by atoms with Crippen LogP contribution in [-0.2, 0) is 0 Å². The lowest BCUT2D eigenvalue weighted by Gasteiger charge is -2.14. The first-order valence-corrected chi connectivity index (χ1v) is 12.0. The number of ether oxygens (including phenoxy) is 2. The maximum absolute atomic E-state index is 9.93. The molecule has 0 fully saturated rings. The summed E-state index contributed by atoms with van der Waals surface area (Å²) in [4.78, 5) is 0. The van der Waals surface area contributed by atoms with Gasteiger partial charge >= 0.3 is 0 Å². The Kier molecular flexibility index (Phi) is 13.0. The van der Waals surface area contributed by atoms with Gasteiger partial charge in [-0.25, -0.2) is 0 Å². The number of hydrogen-bond acceptors (Lipinski definition) is 6. The minimum atomic E-state index is 0.163. The number of hydrogen-bond donors (Lipinski definition) is 1. The first kappa shape index (κ1) is 26.1. The van der Waals surface area contributed by atoms with Gasteiger partial charge in [-0.05, 0) is 36.3 Å². The Balaban J connectivity index is 0.000000268. The zero-order valence-electron chi connectivity index (χ0n) is 19.9. The van der Waals surface area contributed by atoms with Crippen LogP contribution >= 0.6 is 0 Å². The molecule has 0 aliphatic carbocycles. The molecule has 178 valence electrons. The number of nitrogens with zero attached hydrogens (tertiary/aromatic N) is 3. The van der Waals surface area contributed by atoms with Crippen molar-refractivity contribution in [2.24, 2.45) is 0 Å².